The second-order valence-corrected chi connectivity index (χ2v) is 6.99. The summed E-state index contributed by atoms with van der Waals surface area (Å²) in [4.78, 5) is 40.6. The maximum absolute atomic E-state index is 12.5. The molecule has 1 aromatic carbocycles. The molecule has 0 aliphatic rings. The van der Waals surface area contributed by atoms with E-state index < -0.39 is 10.8 Å². The summed E-state index contributed by atoms with van der Waals surface area (Å²) in [6, 6.07) is 5.71. The number of amides is 1. The molecule has 2 aromatic heterocycles. The summed E-state index contributed by atoms with van der Waals surface area (Å²) >= 11 is 1.44. The molecule has 0 saturated carbocycles. The van der Waals surface area contributed by atoms with E-state index in [9.17, 15) is 19.7 Å². The topological polar surface area (TPSA) is 119 Å². The van der Waals surface area contributed by atoms with Crippen LogP contribution in [-0.2, 0) is 11.3 Å². The van der Waals surface area contributed by atoms with Crippen molar-refractivity contribution in [3.63, 3.8) is 0 Å². The van der Waals surface area contributed by atoms with Crippen molar-refractivity contribution in [1.29, 1.82) is 0 Å². The van der Waals surface area contributed by atoms with Gasteiger partial charge in [-0.15, -0.1) is 11.3 Å². The number of non-ortho nitro benzene ring substituents is 1. The number of aryl methyl sites for hydroxylation is 2. The first-order chi connectivity index (χ1) is 12.9. The van der Waals surface area contributed by atoms with Crippen LogP contribution < -0.4 is 11.0 Å². The van der Waals surface area contributed by atoms with Gasteiger partial charge in [0.05, 0.1) is 22.9 Å². The van der Waals surface area contributed by atoms with E-state index in [2.05, 4.69) is 15.5 Å². The van der Waals surface area contributed by atoms with Gasteiger partial charge in [0.1, 0.15) is 11.4 Å². The SMILES string of the molecule is Cc1sc2ncn(CC(=O)N/N=C/c3ccc([N+](=O)[O-])cc3)c(=O)c2c1C. The summed E-state index contributed by atoms with van der Waals surface area (Å²) in [7, 11) is 0. The van der Waals surface area contributed by atoms with Crippen molar-refractivity contribution in [1.82, 2.24) is 15.0 Å². The number of fused-ring (bicyclic) bond motifs is 1. The van der Waals surface area contributed by atoms with Crippen molar-refractivity contribution in [3.8, 4) is 0 Å². The van der Waals surface area contributed by atoms with Crippen LogP contribution in [0.25, 0.3) is 10.2 Å². The van der Waals surface area contributed by atoms with Gasteiger partial charge < -0.3 is 0 Å². The molecule has 0 bridgehead atoms. The van der Waals surface area contributed by atoms with E-state index in [0.29, 0.717) is 15.8 Å². The van der Waals surface area contributed by atoms with Crippen LogP contribution in [0.3, 0.4) is 0 Å². The van der Waals surface area contributed by atoms with Crippen LogP contribution in [0.5, 0.6) is 0 Å². The minimum atomic E-state index is -0.498. The van der Waals surface area contributed by atoms with Crippen LogP contribution in [-0.4, -0.2) is 26.6 Å². The van der Waals surface area contributed by atoms with Crippen molar-refractivity contribution in [2.75, 3.05) is 0 Å². The molecule has 0 fully saturated rings. The van der Waals surface area contributed by atoms with Gasteiger partial charge in [-0.1, -0.05) is 0 Å². The predicted molar refractivity (Wildman–Crippen MR) is 102 cm³/mol. The normalized spacial score (nSPS) is 11.2. The Hall–Kier alpha value is -3.40. The van der Waals surface area contributed by atoms with Gasteiger partial charge in [-0.25, -0.2) is 10.4 Å². The lowest BCUT2D eigenvalue weighted by atomic mass is 10.2. The third-order valence-electron chi connectivity index (χ3n) is 3.98. The van der Waals surface area contributed by atoms with E-state index >= 15 is 0 Å². The number of rotatable bonds is 5. The molecule has 0 unspecified atom stereocenters. The Kier molecular flexibility index (Phi) is 5.08. The molecule has 0 radical (unpaired) electrons. The van der Waals surface area contributed by atoms with Crippen LogP contribution in [0.4, 0.5) is 5.69 Å². The number of nitrogens with one attached hydrogen (secondary N) is 1. The minimum Gasteiger partial charge on any atom is -0.289 e. The Morgan fingerprint density at radius 1 is 1.37 bits per heavy atom. The molecule has 0 aliphatic carbocycles. The van der Waals surface area contributed by atoms with E-state index in [1.807, 2.05) is 13.8 Å². The summed E-state index contributed by atoms with van der Waals surface area (Å²) < 4.78 is 1.23. The van der Waals surface area contributed by atoms with Crippen molar-refractivity contribution in [3.05, 3.63) is 67.1 Å². The number of hydrazone groups is 1. The van der Waals surface area contributed by atoms with Crippen molar-refractivity contribution < 1.29 is 9.72 Å². The van der Waals surface area contributed by atoms with Crippen molar-refractivity contribution in [2.24, 2.45) is 5.10 Å². The van der Waals surface area contributed by atoms with Crippen LogP contribution in [0, 0.1) is 24.0 Å². The quantitative estimate of drug-likeness (QED) is 0.410. The summed E-state index contributed by atoms with van der Waals surface area (Å²) in [5.74, 6) is -0.485. The van der Waals surface area contributed by atoms with Gasteiger partial charge in [0, 0.05) is 17.0 Å². The van der Waals surface area contributed by atoms with Crippen molar-refractivity contribution >= 4 is 39.4 Å². The molecular formula is C17H15N5O4S. The number of benzene rings is 1. The van der Waals surface area contributed by atoms with E-state index in [-0.39, 0.29) is 17.8 Å². The van der Waals surface area contributed by atoms with Crippen LogP contribution >= 0.6 is 11.3 Å². The summed E-state index contributed by atoms with van der Waals surface area (Å²) in [6.45, 7) is 3.56. The highest BCUT2D eigenvalue weighted by Crippen LogP contribution is 2.25. The minimum absolute atomic E-state index is 0.0302. The Morgan fingerprint density at radius 2 is 2.07 bits per heavy atom. The number of nitro groups is 1. The maximum atomic E-state index is 12.5. The third-order valence-corrected chi connectivity index (χ3v) is 5.09. The fourth-order valence-corrected chi connectivity index (χ4v) is 3.42. The fourth-order valence-electron chi connectivity index (χ4n) is 2.43. The molecule has 10 heteroatoms. The number of hydrogen-bond donors (Lipinski definition) is 1. The number of carbonyl (C=O) groups excluding carboxylic acids is 1. The molecule has 1 amide bonds. The Morgan fingerprint density at radius 3 is 2.74 bits per heavy atom. The first kappa shape index (κ1) is 18.4. The highest BCUT2D eigenvalue weighted by atomic mass is 32.1. The van der Waals surface area contributed by atoms with Gasteiger partial charge in [0.2, 0.25) is 0 Å². The average Bonchev–Trinajstić information content (AvgIpc) is 2.93. The molecule has 0 atom stereocenters. The fraction of sp³-hybridized carbons (Fsp3) is 0.176. The summed E-state index contributed by atoms with van der Waals surface area (Å²) in [6.07, 6.45) is 2.71. The molecule has 0 saturated heterocycles. The zero-order valence-electron chi connectivity index (χ0n) is 14.5. The molecule has 1 N–H and O–H groups in total. The number of nitro benzene ring substituents is 1. The third kappa shape index (κ3) is 3.90. The second kappa shape index (κ2) is 7.46. The van der Waals surface area contributed by atoms with E-state index in [4.69, 9.17) is 0 Å². The number of nitrogens with zero attached hydrogens (tertiary/aromatic N) is 4. The maximum Gasteiger partial charge on any atom is 0.269 e. The second-order valence-electron chi connectivity index (χ2n) is 5.78. The number of hydrogen-bond acceptors (Lipinski definition) is 7. The zero-order chi connectivity index (χ0) is 19.6. The summed E-state index contributed by atoms with van der Waals surface area (Å²) in [5, 5.41) is 14.9. The van der Waals surface area contributed by atoms with Gasteiger partial charge in [0.15, 0.2) is 0 Å². The molecule has 3 aromatic rings. The number of aromatic nitrogens is 2. The molecule has 3 rings (SSSR count). The number of carbonyl (C=O) groups is 1. The monoisotopic (exact) mass is 385 g/mol. The molecule has 27 heavy (non-hydrogen) atoms. The van der Waals surface area contributed by atoms with E-state index in [1.54, 1.807) is 0 Å². The average molecular weight is 385 g/mol. The lowest BCUT2D eigenvalue weighted by molar-refractivity contribution is -0.384. The van der Waals surface area contributed by atoms with Crippen LogP contribution in [0.1, 0.15) is 16.0 Å². The lowest BCUT2D eigenvalue weighted by Crippen LogP contribution is -2.30. The van der Waals surface area contributed by atoms with Crippen molar-refractivity contribution in [2.45, 2.75) is 20.4 Å². The predicted octanol–water partition coefficient (Wildman–Crippen LogP) is 2.13. The smallest absolute Gasteiger partial charge is 0.269 e. The molecule has 2 heterocycles. The number of thiophene rings is 1. The van der Waals surface area contributed by atoms with Gasteiger partial charge in [-0.2, -0.15) is 5.10 Å². The lowest BCUT2D eigenvalue weighted by Gasteiger charge is -2.04. The van der Waals surface area contributed by atoms with Gasteiger partial charge >= 0.3 is 0 Å². The Bertz CT molecular complexity index is 1110. The molecule has 9 nitrogen and oxygen atoms in total. The van der Waals surface area contributed by atoms with Gasteiger partial charge in [-0.3, -0.25) is 24.3 Å². The first-order valence-corrected chi connectivity index (χ1v) is 8.70. The first-order valence-electron chi connectivity index (χ1n) is 7.88. The van der Waals surface area contributed by atoms with Crippen LogP contribution in [0.15, 0.2) is 40.5 Å². The van der Waals surface area contributed by atoms with Gasteiger partial charge in [-0.05, 0) is 37.1 Å². The zero-order valence-corrected chi connectivity index (χ0v) is 15.3. The van der Waals surface area contributed by atoms with Crippen LogP contribution in [0.2, 0.25) is 0 Å². The standard InChI is InChI=1S/C17H15N5O4S/c1-10-11(2)27-16-15(10)17(24)21(9-18-16)8-14(23)20-19-7-12-3-5-13(6-4-12)22(25)26/h3-7,9H,8H2,1-2H3,(H,20,23)/b19-7+. The Balaban J connectivity index is 1.68. The molecule has 0 aliphatic heterocycles. The van der Waals surface area contributed by atoms with Gasteiger partial charge in [0.25, 0.3) is 17.2 Å². The Labute approximate surface area is 157 Å². The largest absolute Gasteiger partial charge is 0.289 e. The molecular weight excluding hydrogens is 370 g/mol. The van der Waals surface area contributed by atoms with E-state index in [0.717, 1.165) is 10.4 Å². The molecule has 138 valence electrons. The highest BCUT2D eigenvalue weighted by molar-refractivity contribution is 7.18. The van der Waals surface area contributed by atoms with E-state index in [1.165, 1.54) is 52.7 Å². The highest BCUT2D eigenvalue weighted by Gasteiger charge is 2.13. The molecule has 0 spiro atoms. The summed E-state index contributed by atoms with van der Waals surface area (Å²) in [5.41, 5.74) is 3.49.